The molecule has 2 N–H and O–H groups in total. The van der Waals surface area contributed by atoms with Crippen LogP contribution in [0.15, 0.2) is 29.3 Å². The van der Waals surface area contributed by atoms with E-state index in [-0.39, 0.29) is 35.6 Å². The van der Waals surface area contributed by atoms with Gasteiger partial charge in [0.15, 0.2) is 5.96 Å². The molecule has 2 heterocycles. The van der Waals surface area contributed by atoms with Crippen LogP contribution in [0.5, 0.6) is 5.75 Å². The van der Waals surface area contributed by atoms with Crippen molar-refractivity contribution >= 4 is 29.9 Å². The zero-order valence-corrected chi connectivity index (χ0v) is 18.9. The number of hydrogen-bond acceptors (Lipinski definition) is 3. The molecule has 2 fully saturated rings. The van der Waals surface area contributed by atoms with Crippen LogP contribution in [0, 0.1) is 5.92 Å². The first-order chi connectivity index (χ1) is 12.7. The van der Waals surface area contributed by atoms with Gasteiger partial charge >= 0.3 is 0 Å². The van der Waals surface area contributed by atoms with Crippen molar-refractivity contribution in [3.63, 3.8) is 0 Å². The standard InChI is InChI=1S/C21H32N4O.HI/c1-22-20(23-14-16-9-12-25(2)15-16)24-18-13-21(10-5-6-11-21)26-19-8-4-3-7-17(18)19;/h3-4,7-8,16,18H,5-6,9-15H2,1-2H3,(H2,22,23,24);1H. The number of fused-ring (bicyclic) bond motifs is 1. The van der Waals surface area contributed by atoms with Crippen LogP contribution in [-0.2, 0) is 0 Å². The van der Waals surface area contributed by atoms with E-state index in [1.807, 2.05) is 7.05 Å². The van der Waals surface area contributed by atoms with Crippen LogP contribution in [0.25, 0.3) is 0 Å². The van der Waals surface area contributed by atoms with Crippen LogP contribution in [0.4, 0.5) is 0 Å². The number of likely N-dealkylation sites (tertiary alicyclic amines) is 1. The van der Waals surface area contributed by atoms with E-state index in [4.69, 9.17) is 4.74 Å². The summed E-state index contributed by atoms with van der Waals surface area (Å²) in [5.41, 5.74) is 1.27. The second-order valence-corrected chi connectivity index (χ2v) is 8.30. The second-order valence-electron chi connectivity index (χ2n) is 8.30. The van der Waals surface area contributed by atoms with Gasteiger partial charge in [0.2, 0.25) is 0 Å². The first kappa shape index (κ1) is 20.7. The molecule has 1 aromatic rings. The average Bonchev–Trinajstić information content (AvgIpc) is 3.27. The lowest BCUT2D eigenvalue weighted by Gasteiger charge is -2.40. The Labute approximate surface area is 180 Å². The summed E-state index contributed by atoms with van der Waals surface area (Å²) in [7, 11) is 4.07. The Morgan fingerprint density at radius 3 is 2.78 bits per heavy atom. The van der Waals surface area contributed by atoms with E-state index in [9.17, 15) is 0 Å². The second kappa shape index (κ2) is 8.99. The van der Waals surface area contributed by atoms with Crippen molar-refractivity contribution in [2.24, 2.45) is 10.9 Å². The Morgan fingerprint density at radius 2 is 2.07 bits per heavy atom. The zero-order chi connectivity index (χ0) is 18.0. The van der Waals surface area contributed by atoms with Crippen LogP contribution < -0.4 is 15.4 Å². The maximum atomic E-state index is 6.47. The van der Waals surface area contributed by atoms with Gasteiger partial charge in [0.05, 0.1) is 6.04 Å². The van der Waals surface area contributed by atoms with Crippen LogP contribution in [0.1, 0.15) is 50.1 Å². The Balaban J connectivity index is 0.00000210. The molecule has 5 nitrogen and oxygen atoms in total. The molecule has 0 aromatic heterocycles. The van der Waals surface area contributed by atoms with Crippen molar-refractivity contribution in [2.45, 2.75) is 50.2 Å². The van der Waals surface area contributed by atoms with Gasteiger partial charge in [-0.25, -0.2) is 0 Å². The van der Waals surface area contributed by atoms with Gasteiger partial charge in [-0.3, -0.25) is 4.99 Å². The quantitative estimate of drug-likeness (QED) is 0.392. The molecule has 2 aliphatic heterocycles. The molecule has 0 bridgehead atoms. The molecule has 0 radical (unpaired) electrons. The number of nitrogens with zero attached hydrogens (tertiary/aromatic N) is 2. The Kier molecular flexibility index (Phi) is 6.89. The fourth-order valence-corrected chi connectivity index (χ4v) is 4.87. The van der Waals surface area contributed by atoms with Crippen molar-refractivity contribution in [3.8, 4) is 5.75 Å². The first-order valence-corrected chi connectivity index (χ1v) is 10.1. The van der Waals surface area contributed by atoms with E-state index >= 15 is 0 Å². The van der Waals surface area contributed by atoms with Crippen LogP contribution in [0.3, 0.4) is 0 Å². The Hall–Kier alpha value is -1.02. The summed E-state index contributed by atoms with van der Waals surface area (Å²) in [5, 5.41) is 7.25. The summed E-state index contributed by atoms with van der Waals surface area (Å²) in [4.78, 5) is 6.89. The molecule has 1 saturated heterocycles. The Bertz CT molecular complexity index is 659. The summed E-state index contributed by atoms with van der Waals surface area (Å²) in [6, 6.07) is 8.75. The van der Waals surface area contributed by atoms with E-state index in [0.717, 1.165) is 24.7 Å². The van der Waals surface area contributed by atoms with Crippen molar-refractivity contribution < 1.29 is 4.74 Å². The lowest BCUT2D eigenvalue weighted by atomic mass is 9.86. The maximum absolute atomic E-state index is 6.47. The molecule has 1 aliphatic carbocycles. The van der Waals surface area contributed by atoms with Gasteiger partial charge in [-0.2, -0.15) is 0 Å². The highest BCUT2D eigenvalue weighted by atomic mass is 127. The fourth-order valence-electron chi connectivity index (χ4n) is 4.87. The monoisotopic (exact) mass is 484 g/mol. The zero-order valence-electron chi connectivity index (χ0n) is 16.5. The van der Waals surface area contributed by atoms with E-state index < -0.39 is 0 Å². The highest BCUT2D eigenvalue weighted by Crippen LogP contribution is 2.46. The fraction of sp³-hybridized carbons (Fsp3) is 0.667. The lowest BCUT2D eigenvalue weighted by molar-refractivity contribution is 0.0396. The van der Waals surface area contributed by atoms with Crippen molar-refractivity contribution in [1.82, 2.24) is 15.5 Å². The summed E-state index contributed by atoms with van der Waals surface area (Å²) < 4.78 is 6.47. The molecular formula is C21H33IN4O. The highest BCUT2D eigenvalue weighted by molar-refractivity contribution is 14.0. The predicted octanol–water partition coefficient (Wildman–Crippen LogP) is 3.56. The number of hydrogen-bond donors (Lipinski definition) is 2. The van der Waals surface area contributed by atoms with Crippen LogP contribution >= 0.6 is 24.0 Å². The van der Waals surface area contributed by atoms with Crippen molar-refractivity contribution in [3.05, 3.63) is 29.8 Å². The van der Waals surface area contributed by atoms with Crippen LogP contribution in [-0.4, -0.2) is 50.2 Å². The Morgan fingerprint density at radius 1 is 1.30 bits per heavy atom. The summed E-state index contributed by atoms with van der Waals surface area (Å²) in [6.45, 7) is 3.36. The number of rotatable bonds is 3. The molecule has 150 valence electrons. The number of guanidine groups is 1. The predicted molar refractivity (Wildman–Crippen MR) is 121 cm³/mol. The van der Waals surface area contributed by atoms with Gasteiger partial charge in [0.1, 0.15) is 11.4 Å². The van der Waals surface area contributed by atoms with Gasteiger partial charge in [-0.05, 0) is 57.7 Å². The lowest BCUT2D eigenvalue weighted by Crippen LogP contribution is -2.47. The maximum Gasteiger partial charge on any atom is 0.191 e. The highest BCUT2D eigenvalue weighted by Gasteiger charge is 2.43. The van der Waals surface area contributed by atoms with Crippen molar-refractivity contribution in [2.75, 3.05) is 33.7 Å². The molecular weight excluding hydrogens is 451 g/mol. The summed E-state index contributed by atoms with van der Waals surface area (Å²) in [6.07, 6.45) is 7.18. The van der Waals surface area contributed by atoms with E-state index in [0.29, 0.717) is 5.92 Å². The number of ether oxygens (including phenoxy) is 1. The molecule has 3 aliphatic rings. The van der Waals surface area contributed by atoms with Crippen LogP contribution in [0.2, 0.25) is 0 Å². The number of aliphatic imine (C=N–C) groups is 1. The molecule has 1 spiro atoms. The molecule has 1 aromatic carbocycles. The first-order valence-electron chi connectivity index (χ1n) is 10.1. The normalized spacial score (nSPS) is 27.0. The number of para-hydroxylation sites is 1. The molecule has 2 unspecified atom stereocenters. The summed E-state index contributed by atoms with van der Waals surface area (Å²) in [5.74, 6) is 2.67. The van der Waals surface area contributed by atoms with E-state index in [1.54, 1.807) is 0 Å². The SMILES string of the molecule is CN=C(NCC1CCN(C)C1)NC1CC2(CCCC2)Oc2ccccc21.I. The average molecular weight is 484 g/mol. The topological polar surface area (TPSA) is 48.9 Å². The van der Waals surface area contributed by atoms with E-state index in [1.165, 1.54) is 50.8 Å². The molecule has 1 saturated carbocycles. The third-order valence-electron chi connectivity index (χ3n) is 6.29. The molecule has 4 rings (SSSR count). The van der Waals surface area contributed by atoms with Gasteiger partial charge in [0.25, 0.3) is 0 Å². The molecule has 2 atom stereocenters. The summed E-state index contributed by atoms with van der Waals surface area (Å²) >= 11 is 0. The number of nitrogens with one attached hydrogen (secondary N) is 2. The van der Waals surface area contributed by atoms with Crippen molar-refractivity contribution in [1.29, 1.82) is 0 Å². The van der Waals surface area contributed by atoms with Gasteiger partial charge in [0, 0.05) is 32.1 Å². The minimum Gasteiger partial charge on any atom is -0.487 e. The van der Waals surface area contributed by atoms with E-state index in [2.05, 4.69) is 51.8 Å². The van der Waals surface area contributed by atoms with Gasteiger partial charge in [-0.15, -0.1) is 24.0 Å². The smallest absolute Gasteiger partial charge is 0.191 e. The van der Waals surface area contributed by atoms with Gasteiger partial charge < -0.3 is 20.3 Å². The molecule has 27 heavy (non-hydrogen) atoms. The largest absolute Gasteiger partial charge is 0.487 e. The third kappa shape index (κ3) is 4.70. The minimum absolute atomic E-state index is 0. The molecule has 6 heteroatoms. The number of benzene rings is 1. The minimum atomic E-state index is 0. The van der Waals surface area contributed by atoms with Gasteiger partial charge in [-0.1, -0.05) is 18.2 Å². The third-order valence-corrected chi connectivity index (χ3v) is 6.29. The molecule has 0 amide bonds. The number of halogens is 1.